The van der Waals surface area contributed by atoms with E-state index in [2.05, 4.69) is 17.6 Å². The van der Waals surface area contributed by atoms with Crippen molar-refractivity contribution in [3.63, 3.8) is 0 Å². The first-order valence-corrected chi connectivity index (χ1v) is 9.73. The summed E-state index contributed by atoms with van der Waals surface area (Å²) < 4.78 is 5.54. The van der Waals surface area contributed by atoms with Crippen LogP contribution in [0.25, 0.3) is 0 Å². The molecule has 6 nitrogen and oxygen atoms in total. The first-order valence-electron chi connectivity index (χ1n) is 9.73. The summed E-state index contributed by atoms with van der Waals surface area (Å²) in [5.74, 6) is 0.592. The van der Waals surface area contributed by atoms with Crippen LogP contribution in [0.5, 0.6) is 5.75 Å². The molecule has 28 heavy (non-hydrogen) atoms. The van der Waals surface area contributed by atoms with E-state index in [0.717, 1.165) is 17.9 Å². The summed E-state index contributed by atoms with van der Waals surface area (Å²) >= 11 is 0. The fourth-order valence-corrected chi connectivity index (χ4v) is 2.70. The van der Waals surface area contributed by atoms with Crippen LogP contribution in [0.15, 0.2) is 48.5 Å². The minimum Gasteiger partial charge on any atom is -0.494 e. The van der Waals surface area contributed by atoms with E-state index in [1.165, 1.54) is 0 Å². The molecule has 0 fully saturated rings. The van der Waals surface area contributed by atoms with E-state index in [1.54, 1.807) is 29.2 Å². The molecule has 0 bridgehead atoms. The molecule has 2 aromatic rings. The predicted octanol–water partition coefficient (Wildman–Crippen LogP) is 4.01. The Morgan fingerprint density at radius 3 is 2.32 bits per heavy atom. The van der Waals surface area contributed by atoms with Crippen molar-refractivity contribution in [3.05, 3.63) is 54.1 Å². The van der Waals surface area contributed by atoms with Crippen molar-refractivity contribution in [2.45, 2.75) is 27.2 Å². The Morgan fingerprint density at radius 1 is 0.964 bits per heavy atom. The minimum absolute atomic E-state index is 0.0374. The maximum absolute atomic E-state index is 12.4. The van der Waals surface area contributed by atoms with Crippen LogP contribution in [-0.4, -0.2) is 43.0 Å². The van der Waals surface area contributed by atoms with E-state index in [0.29, 0.717) is 30.9 Å². The number of anilines is 2. The molecule has 0 unspecified atom stereocenters. The summed E-state index contributed by atoms with van der Waals surface area (Å²) in [7, 11) is 0. The molecular formula is C22H29N3O3. The first-order chi connectivity index (χ1) is 13.6. The molecule has 0 spiro atoms. The Balaban J connectivity index is 1.89. The average molecular weight is 383 g/mol. The van der Waals surface area contributed by atoms with Gasteiger partial charge in [-0.1, -0.05) is 13.0 Å². The van der Waals surface area contributed by atoms with Gasteiger partial charge in [0.15, 0.2) is 0 Å². The van der Waals surface area contributed by atoms with Crippen molar-refractivity contribution in [1.82, 2.24) is 4.90 Å². The lowest BCUT2D eigenvalue weighted by atomic mass is 10.1. The molecule has 0 aromatic heterocycles. The Hall–Kier alpha value is -3.02. The van der Waals surface area contributed by atoms with Crippen LogP contribution in [0.3, 0.4) is 0 Å². The van der Waals surface area contributed by atoms with Crippen LogP contribution in [0.2, 0.25) is 0 Å². The van der Waals surface area contributed by atoms with Gasteiger partial charge in [0, 0.05) is 30.0 Å². The largest absolute Gasteiger partial charge is 0.494 e. The Labute approximate surface area is 166 Å². The number of ether oxygens (including phenoxy) is 1. The predicted molar refractivity (Wildman–Crippen MR) is 113 cm³/mol. The van der Waals surface area contributed by atoms with Crippen molar-refractivity contribution in [3.8, 4) is 5.75 Å². The molecule has 150 valence electrons. The summed E-state index contributed by atoms with van der Waals surface area (Å²) in [5, 5.41) is 5.90. The lowest BCUT2D eigenvalue weighted by molar-refractivity contribution is -0.114. The van der Waals surface area contributed by atoms with Crippen molar-refractivity contribution in [2.75, 3.05) is 36.9 Å². The molecule has 2 N–H and O–H groups in total. The standard InChI is InChI=1S/C22H29N3O3/c1-4-14-28-20-12-10-18(11-13-20)23-16-21(26)24-19-9-7-8-17(15-19)22(27)25(5-2)6-3/h7-13,15,23H,4-6,14,16H2,1-3H3,(H,24,26). The van der Waals surface area contributed by atoms with Gasteiger partial charge in [0.25, 0.3) is 5.91 Å². The van der Waals surface area contributed by atoms with Gasteiger partial charge in [-0.05, 0) is 62.7 Å². The third-order valence-corrected chi connectivity index (χ3v) is 4.22. The van der Waals surface area contributed by atoms with Crippen LogP contribution in [0, 0.1) is 0 Å². The number of nitrogens with one attached hydrogen (secondary N) is 2. The number of carbonyl (C=O) groups excluding carboxylic acids is 2. The van der Waals surface area contributed by atoms with E-state index in [9.17, 15) is 9.59 Å². The lowest BCUT2D eigenvalue weighted by Gasteiger charge is -2.19. The topological polar surface area (TPSA) is 70.7 Å². The summed E-state index contributed by atoms with van der Waals surface area (Å²) in [6.07, 6.45) is 0.960. The highest BCUT2D eigenvalue weighted by Crippen LogP contribution is 2.16. The van der Waals surface area contributed by atoms with E-state index in [4.69, 9.17) is 4.74 Å². The van der Waals surface area contributed by atoms with E-state index < -0.39 is 0 Å². The Morgan fingerprint density at radius 2 is 1.68 bits per heavy atom. The third kappa shape index (κ3) is 6.30. The second-order valence-corrected chi connectivity index (χ2v) is 6.33. The fraction of sp³-hybridized carbons (Fsp3) is 0.364. The number of carbonyl (C=O) groups is 2. The highest BCUT2D eigenvalue weighted by atomic mass is 16.5. The van der Waals surface area contributed by atoms with Crippen LogP contribution >= 0.6 is 0 Å². The van der Waals surface area contributed by atoms with Crippen LogP contribution in [0.4, 0.5) is 11.4 Å². The van der Waals surface area contributed by atoms with Gasteiger partial charge in [-0.15, -0.1) is 0 Å². The maximum Gasteiger partial charge on any atom is 0.253 e. The van der Waals surface area contributed by atoms with Gasteiger partial charge < -0.3 is 20.3 Å². The zero-order valence-electron chi connectivity index (χ0n) is 16.8. The molecule has 2 amide bonds. The molecule has 2 rings (SSSR count). The molecule has 0 aliphatic carbocycles. The van der Waals surface area contributed by atoms with Crippen molar-refractivity contribution in [2.24, 2.45) is 0 Å². The molecule has 0 radical (unpaired) electrons. The van der Waals surface area contributed by atoms with E-state index in [1.807, 2.05) is 38.1 Å². The molecule has 0 saturated heterocycles. The van der Waals surface area contributed by atoms with E-state index >= 15 is 0 Å². The SMILES string of the molecule is CCCOc1ccc(NCC(=O)Nc2cccc(C(=O)N(CC)CC)c2)cc1. The molecule has 0 aliphatic rings. The van der Waals surface area contributed by atoms with Crippen LogP contribution < -0.4 is 15.4 Å². The zero-order valence-corrected chi connectivity index (χ0v) is 16.8. The van der Waals surface area contributed by atoms with Crippen LogP contribution in [-0.2, 0) is 4.79 Å². The Bertz CT molecular complexity index is 771. The molecule has 6 heteroatoms. The molecular weight excluding hydrogens is 354 g/mol. The average Bonchev–Trinajstić information content (AvgIpc) is 2.72. The van der Waals surface area contributed by atoms with Gasteiger partial charge in [0.2, 0.25) is 5.91 Å². The highest BCUT2D eigenvalue weighted by molar-refractivity contribution is 5.98. The number of rotatable bonds is 10. The first kappa shape index (κ1) is 21.3. The summed E-state index contributed by atoms with van der Waals surface area (Å²) in [6, 6.07) is 14.5. The molecule has 0 aliphatic heterocycles. The quantitative estimate of drug-likeness (QED) is 0.650. The number of benzene rings is 2. The summed E-state index contributed by atoms with van der Waals surface area (Å²) in [6.45, 7) is 8.07. The smallest absolute Gasteiger partial charge is 0.253 e. The van der Waals surface area contributed by atoms with Gasteiger partial charge in [-0.25, -0.2) is 0 Å². The van der Waals surface area contributed by atoms with Gasteiger partial charge in [0.1, 0.15) is 5.75 Å². The van der Waals surface area contributed by atoms with Crippen molar-refractivity contribution in [1.29, 1.82) is 0 Å². The van der Waals surface area contributed by atoms with Crippen molar-refractivity contribution >= 4 is 23.2 Å². The maximum atomic E-state index is 12.4. The molecule has 0 atom stereocenters. The number of amides is 2. The highest BCUT2D eigenvalue weighted by Gasteiger charge is 2.13. The number of nitrogens with zero attached hydrogens (tertiary/aromatic N) is 1. The minimum atomic E-state index is -0.182. The van der Waals surface area contributed by atoms with Gasteiger partial charge in [-0.3, -0.25) is 9.59 Å². The molecule has 2 aromatic carbocycles. The second kappa shape index (κ2) is 11.0. The fourth-order valence-electron chi connectivity index (χ4n) is 2.70. The molecule has 0 saturated carbocycles. The van der Waals surface area contributed by atoms with Gasteiger partial charge in [-0.2, -0.15) is 0 Å². The van der Waals surface area contributed by atoms with Crippen LogP contribution in [0.1, 0.15) is 37.6 Å². The number of hydrogen-bond acceptors (Lipinski definition) is 4. The van der Waals surface area contributed by atoms with E-state index in [-0.39, 0.29) is 18.4 Å². The molecule has 0 heterocycles. The monoisotopic (exact) mass is 383 g/mol. The number of hydrogen-bond donors (Lipinski definition) is 2. The van der Waals surface area contributed by atoms with Crippen molar-refractivity contribution < 1.29 is 14.3 Å². The van der Waals surface area contributed by atoms with Gasteiger partial charge >= 0.3 is 0 Å². The Kier molecular flexibility index (Phi) is 8.34. The third-order valence-electron chi connectivity index (χ3n) is 4.22. The normalized spacial score (nSPS) is 10.2. The second-order valence-electron chi connectivity index (χ2n) is 6.33. The van der Waals surface area contributed by atoms with Gasteiger partial charge in [0.05, 0.1) is 13.2 Å². The lowest BCUT2D eigenvalue weighted by Crippen LogP contribution is -2.30. The zero-order chi connectivity index (χ0) is 20.4. The summed E-state index contributed by atoms with van der Waals surface area (Å²) in [4.78, 5) is 26.4. The summed E-state index contributed by atoms with van der Waals surface area (Å²) in [5.41, 5.74) is 2.01.